The Bertz CT molecular complexity index is 349. The number of aliphatic hydroxyl groups is 2. The number of aliphatic hydroxyl groups excluding tert-OH is 2. The molecule has 4 heteroatoms. The molecule has 17 heavy (non-hydrogen) atoms. The molecule has 2 N–H and O–H groups in total. The van der Waals surface area contributed by atoms with E-state index in [1.165, 1.54) is 0 Å². The van der Waals surface area contributed by atoms with Gasteiger partial charge in [-0.15, -0.1) is 0 Å². The van der Waals surface area contributed by atoms with Crippen molar-refractivity contribution in [1.82, 2.24) is 0 Å². The Kier molecular flexibility index (Phi) is 5.25. The van der Waals surface area contributed by atoms with E-state index in [0.29, 0.717) is 23.7 Å². The van der Waals surface area contributed by atoms with Crippen molar-refractivity contribution in [3.8, 4) is 11.5 Å². The zero-order chi connectivity index (χ0) is 12.8. The second-order valence-corrected chi connectivity index (χ2v) is 3.90. The van der Waals surface area contributed by atoms with Gasteiger partial charge in [0.2, 0.25) is 0 Å². The van der Waals surface area contributed by atoms with Crippen molar-refractivity contribution in [2.45, 2.75) is 39.6 Å². The molecule has 0 radical (unpaired) electrons. The summed E-state index contributed by atoms with van der Waals surface area (Å²) in [5, 5.41) is 18.7. The molecule has 0 heterocycles. The fourth-order valence-corrected chi connectivity index (χ4v) is 1.37. The van der Waals surface area contributed by atoms with E-state index >= 15 is 0 Å². The topological polar surface area (TPSA) is 58.9 Å². The highest BCUT2D eigenvalue weighted by molar-refractivity contribution is 5.46. The molecule has 0 aromatic heterocycles. The van der Waals surface area contributed by atoms with Crippen LogP contribution in [0.25, 0.3) is 0 Å². The molecule has 1 aromatic rings. The molecule has 2 unspecified atom stereocenters. The molecule has 0 bridgehead atoms. The monoisotopic (exact) mass is 240 g/mol. The van der Waals surface area contributed by atoms with Crippen LogP contribution in [0.2, 0.25) is 0 Å². The first kappa shape index (κ1) is 13.8. The summed E-state index contributed by atoms with van der Waals surface area (Å²) >= 11 is 0. The van der Waals surface area contributed by atoms with Crippen LogP contribution < -0.4 is 9.47 Å². The largest absolute Gasteiger partial charge is 0.490 e. The highest BCUT2D eigenvalue weighted by atomic mass is 16.5. The predicted octanol–water partition coefficient (Wildman–Crippen LogP) is 1.73. The van der Waals surface area contributed by atoms with E-state index in [1.54, 1.807) is 32.0 Å². The number of hydrogen-bond acceptors (Lipinski definition) is 4. The van der Waals surface area contributed by atoms with Crippen molar-refractivity contribution in [2.24, 2.45) is 0 Å². The Morgan fingerprint density at radius 1 is 1.29 bits per heavy atom. The predicted molar refractivity (Wildman–Crippen MR) is 65.3 cm³/mol. The first-order valence-corrected chi connectivity index (χ1v) is 5.80. The number of hydrogen-bond donors (Lipinski definition) is 2. The van der Waals surface area contributed by atoms with Gasteiger partial charge in [0.05, 0.1) is 19.3 Å². The zero-order valence-corrected chi connectivity index (χ0v) is 10.5. The van der Waals surface area contributed by atoms with Gasteiger partial charge in [-0.3, -0.25) is 0 Å². The van der Waals surface area contributed by atoms with Gasteiger partial charge in [-0.1, -0.05) is 12.1 Å². The zero-order valence-electron chi connectivity index (χ0n) is 10.5. The van der Waals surface area contributed by atoms with Gasteiger partial charge in [-0.2, -0.15) is 0 Å². The lowest BCUT2D eigenvalue weighted by atomic mass is 10.2. The molecule has 2 atom stereocenters. The summed E-state index contributed by atoms with van der Waals surface area (Å²) in [5.41, 5.74) is 0.656. The second-order valence-electron chi connectivity index (χ2n) is 3.90. The van der Waals surface area contributed by atoms with Crippen LogP contribution in [0, 0.1) is 0 Å². The van der Waals surface area contributed by atoms with Gasteiger partial charge in [-0.05, 0) is 26.8 Å². The van der Waals surface area contributed by atoms with Crippen LogP contribution in [0.15, 0.2) is 18.2 Å². The minimum absolute atomic E-state index is 0.122. The van der Waals surface area contributed by atoms with Crippen LogP contribution in [0.3, 0.4) is 0 Å². The molecule has 96 valence electrons. The van der Waals surface area contributed by atoms with Crippen molar-refractivity contribution in [3.63, 3.8) is 0 Å². The van der Waals surface area contributed by atoms with Crippen LogP contribution in [0.5, 0.6) is 11.5 Å². The van der Waals surface area contributed by atoms with Crippen molar-refractivity contribution in [2.75, 3.05) is 6.61 Å². The third-order valence-electron chi connectivity index (χ3n) is 2.51. The molecular weight excluding hydrogens is 220 g/mol. The SMILES string of the molecule is CCOc1cccc(CO)c1OC(C)C(C)O. The van der Waals surface area contributed by atoms with Crippen LogP contribution in [0.4, 0.5) is 0 Å². The summed E-state index contributed by atoms with van der Waals surface area (Å²) < 4.78 is 11.1. The quantitative estimate of drug-likeness (QED) is 0.795. The average molecular weight is 240 g/mol. The van der Waals surface area contributed by atoms with Gasteiger partial charge in [0.15, 0.2) is 11.5 Å². The number of para-hydroxylation sites is 1. The standard InChI is InChI=1S/C13H20O4/c1-4-16-12-7-5-6-11(8-14)13(12)17-10(3)9(2)15/h5-7,9-10,14-15H,4,8H2,1-3H3. The third kappa shape index (κ3) is 3.61. The Labute approximate surface area is 102 Å². The maximum Gasteiger partial charge on any atom is 0.167 e. The van der Waals surface area contributed by atoms with Crippen molar-refractivity contribution in [1.29, 1.82) is 0 Å². The van der Waals surface area contributed by atoms with Gasteiger partial charge in [0.1, 0.15) is 6.10 Å². The lowest BCUT2D eigenvalue weighted by Gasteiger charge is -2.21. The molecule has 0 saturated heterocycles. The van der Waals surface area contributed by atoms with E-state index in [9.17, 15) is 10.2 Å². The Morgan fingerprint density at radius 2 is 2.00 bits per heavy atom. The van der Waals surface area contributed by atoms with Crippen LogP contribution in [-0.2, 0) is 6.61 Å². The summed E-state index contributed by atoms with van der Waals surface area (Å²) in [5.74, 6) is 1.09. The molecule has 0 aliphatic carbocycles. The van der Waals surface area contributed by atoms with Crippen LogP contribution >= 0.6 is 0 Å². The van der Waals surface area contributed by atoms with Gasteiger partial charge in [0, 0.05) is 5.56 Å². The Balaban J connectivity index is 2.99. The first-order chi connectivity index (χ1) is 8.10. The average Bonchev–Trinajstić information content (AvgIpc) is 2.31. The summed E-state index contributed by atoms with van der Waals surface area (Å²) in [6, 6.07) is 5.36. The van der Waals surface area contributed by atoms with Gasteiger partial charge >= 0.3 is 0 Å². The number of ether oxygens (including phenoxy) is 2. The maximum atomic E-state index is 9.44. The van der Waals surface area contributed by atoms with E-state index in [2.05, 4.69) is 0 Å². The van der Waals surface area contributed by atoms with Gasteiger partial charge in [0.25, 0.3) is 0 Å². The summed E-state index contributed by atoms with van der Waals surface area (Å²) in [7, 11) is 0. The van der Waals surface area contributed by atoms with Crippen LogP contribution in [0.1, 0.15) is 26.3 Å². The van der Waals surface area contributed by atoms with E-state index in [1.807, 2.05) is 6.92 Å². The summed E-state index contributed by atoms with van der Waals surface area (Å²) in [4.78, 5) is 0. The molecule has 0 spiro atoms. The number of rotatable bonds is 6. The Morgan fingerprint density at radius 3 is 2.53 bits per heavy atom. The molecule has 0 saturated carbocycles. The fraction of sp³-hybridized carbons (Fsp3) is 0.538. The minimum Gasteiger partial charge on any atom is -0.490 e. The van der Waals surface area contributed by atoms with E-state index in [-0.39, 0.29) is 12.7 Å². The van der Waals surface area contributed by atoms with Crippen LogP contribution in [-0.4, -0.2) is 29.0 Å². The molecule has 4 nitrogen and oxygen atoms in total. The molecule has 0 amide bonds. The normalized spacial score (nSPS) is 14.2. The summed E-state index contributed by atoms with van der Waals surface area (Å²) in [6.45, 7) is 5.71. The lowest BCUT2D eigenvalue weighted by molar-refractivity contribution is 0.0566. The van der Waals surface area contributed by atoms with Gasteiger partial charge in [-0.25, -0.2) is 0 Å². The van der Waals surface area contributed by atoms with Crippen molar-refractivity contribution in [3.05, 3.63) is 23.8 Å². The molecular formula is C13H20O4. The maximum absolute atomic E-state index is 9.44. The highest BCUT2D eigenvalue weighted by Crippen LogP contribution is 2.32. The third-order valence-corrected chi connectivity index (χ3v) is 2.51. The van der Waals surface area contributed by atoms with E-state index in [4.69, 9.17) is 9.47 Å². The molecule has 1 aromatic carbocycles. The first-order valence-electron chi connectivity index (χ1n) is 5.80. The van der Waals surface area contributed by atoms with Crippen molar-refractivity contribution >= 4 is 0 Å². The smallest absolute Gasteiger partial charge is 0.167 e. The van der Waals surface area contributed by atoms with Gasteiger partial charge < -0.3 is 19.7 Å². The van der Waals surface area contributed by atoms with E-state index < -0.39 is 6.10 Å². The lowest BCUT2D eigenvalue weighted by Crippen LogP contribution is -2.26. The van der Waals surface area contributed by atoms with E-state index in [0.717, 1.165) is 0 Å². The molecule has 0 aliphatic heterocycles. The summed E-state index contributed by atoms with van der Waals surface area (Å²) in [6.07, 6.45) is -0.946. The highest BCUT2D eigenvalue weighted by Gasteiger charge is 2.16. The second kappa shape index (κ2) is 6.47. The van der Waals surface area contributed by atoms with Crippen molar-refractivity contribution < 1.29 is 19.7 Å². The molecule has 1 rings (SSSR count). The Hall–Kier alpha value is -1.26. The fourth-order valence-electron chi connectivity index (χ4n) is 1.37. The minimum atomic E-state index is -0.587. The number of benzene rings is 1. The molecule has 0 aliphatic rings. The molecule has 0 fully saturated rings.